The Kier molecular flexibility index (Phi) is 47.6. The molecule has 39 nitrogen and oxygen atoms in total. The van der Waals surface area contributed by atoms with Crippen molar-refractivity contribution >= 4 is 44.8 Å². The van der Waals surface area contributed by atoms with E-state index in [4.69, 9.17) is 83.3 Å². The van der Waals surface area contributed by atoms with Crippen molar-refractivity contribution in [2.75, 3.05) is 132 Å². The Morgan fingerprint density at radius 2 is 0.759 bits per heavy atom. The summed E-state index contributed by atoms with van der Waals surface area (Å²) in [6, 6.07) is -1.10. The number of aliphatic hydroxyl groups is 9. The highest BCUT2D eigenvalue weighted by atomic mass is 31.2. The maximum atomic E-state index is 13.8. The minimum absolute atomic E-state index is 0.00415. The molecule has 4 rings (SSSR count). The second kappa shape index (κ2) is 51.5. The van der Waals surface area contributed by atoms with Crippen LogP contribution in [0.25, 0.3) is 0 Å². The zero-order chi connectivity index (χ0) is 80.1. The lowest BCUT2D eigenvalue weighted by Gasteiger charge is -2.42. The fourth-order valence-electron chi connectivity index (χ4n) is 11.9. The van der Waals surface area contributed by atoms with E-state index in [1.54, 1.807) is 13.8 Å². The molecule has 23 atom stereocenters. The number of unbranched alkanes of at least 4 members (excludes halogenated alkanes) is 9. The summed E-state index contributed by atoms with van der Waals surface area (Å²) in [7, 11) is -22.8. The lowest BCUT2D eigenvalue weighted by Crippen LogP contribution is -2.64. The summed E-state index contributed by atoms with van der Waals surface area (Å²) in [5.41, 5.74) is -2.25. The number of amides is 1. The summed E-state index contributed by atoms with van der Waals surface area (Å²) in [5, 5.41) is 92.6. The molecule has 4 aliphatic rings. The number of rotatable bonds is 61. The molecule has 640 valence electrons. The summed E-state index contributed by atoms with van der Waals surface area (Å²) < 4.78 is 165. The number of hydrogen-bond acceptors (Lipinski definition) is 33. The predicted molar refractivity (Wildman–Crippen MR) is 380 cm³/mol. The van der Waals surface area contributed by atoms with Crippen LogP contribution in [0.1, 0.15) is 151 Å². The van der Waals surface area contributed by atoms with Crippen LogP contribution in [0.15, 0.2) is 0 Å². The van der Waals surface area contributed by atoms with Crippen LogP contribution in [-0.2, 0) is 111 Å². The average molecular weight is 1670 g/mol. The first-order valence-corrected chi connectivity index (χ1v) is 44.8. The van der Waals surface area contributed by atoms with Gasteiger partial charge in [-0.15, -0.1) is 0 Å². The second-order valence-electron chi connectivity index (χ2n) is 28.2. The smallest absolute Gasteiger partial charge is 0.394 e. The summed E-state index contributed by atoms with van der Waals surface area (Å²) in [4.78, 5) is 64.9. The van der Waals surface area contributed by atoms with Gasteiger partial charge in [-0.05, 0) is 76.5 Å². The van der Waals surface area contributed by atoms with Crippen molar-refractivity contribution in [1.29, 1.82) is 0 Å². The van der Waals surface area contributed by atoms with Crippen molar-refractivity contribution in [2.45, 2.75) is 242 Å². The maximum Gasteiger partial charge on any atom is 0.472 e. The molecule has 3 saturated heterocycles. The molecule has 108 heavy (non-hydrogen) atoms. The van der Waals surface area contributed by atoms with E-state index in [0.29, 0.717) is 89.9 Å². The van der Waals surface area contributed by atoms with Gasteiger partial charge in [0.2, 0.25) is 5.91 Å². The van der Waals surface area contributed by atoms with Gasteiger partial charge < -0.3 is 123 Å². The van der Waals surface area contributed by atoms with E-state index in [2.05, 4.69) is 5.32 Å². The van der Waals surface area contributed by atoms with Crippen molar-refractivity contribution in [1.82, 2.24) is 5.32 Å². The Hall–Kier alpha value is -0.660. The third kappa shape index (κ3) is 37.7. The van der Waals surface area contributed by atoms with E-state index >= 15 is 0 Å². The van der Waals surface area contributed by atoms with Gasteiger partial charge in [-0.3, -0.25) is 45.5 Å². The van der Waals surface area contributed by atoms with Gasteiger partial charge in [0.05, 0.1) is 122 Å². The summed E-state index contributed by atoms with van der Waals surface area (Å²) in [6.07, 6.45) is -7.48. The van der Waals surface area contributed by atoms with Crippen molar-refractivity contribution in [2.24, 2.45) is 29.1 Å². The van der Waals surface area contributed by atoms with Crippen LogP contribution in [0.4, 0.5) is 0 Å². The summed E-state index contributed by atoms with van der Waals surface area (Å²) in [6.45, 7) is 4.39. The number of carbonyl (C=O) groups is 1. The monoisotopic (exact) mass is 1670 g/mol. The Morgan fingerprint density at radius 3 is 1.12 bits per heavy atom. The van der Waals surface area contributed by atoms with E-state index in [1.807, 2.05) is 6.92 Å². The summed E-state index contributed by atoms with van der Waals surface area (Å²) >= 11 is 0. The molecule has 15 N–H and O–H groups in total. The van der Waals surface area contributed by atoms with E-state index in [1.165, 1.54) is 20.8 Å². The lowest BCUT2D eigenvalue weighted by molar-refractivity contribution is -0.282. The van der Waals surface area contributed by atoms with Gasteiger partial charge in [0, 0.05) is 64.3 Å². The molecule has 0 aromatic rings. The van der Waals surface area contributed by atoms with Gasteiger partial charge in [0.15, 0.2) is 18.9 Å². The first-order valence-electron chi connectivity index (χ1n) is 37.2. The topological polar surface area (TPSA) is 564 Å². The van der Waals surface area contributed by atoms with E-state index in [-0.39, 0.29) is 124 Å². The number of ether oxygens (including phenoxy) is 9. The average Bonchev–Trinajstić information content (AvgIpc) is 1.12. The molecule has 3 aliphatic heterocycles. The summed E-state index contributed by atoms with van der Waals surface area (Å²) in [5.74, 6) is -2.18. The first-order chi connectivity index (χ1) is 51.0. The van der Waals surface area contributed by atoms with Crippen LogP contribution in [0.3, 0.4) is 0 Å². The van der Waals surface area contributed by atoms with Gasteiger partial charge in [-0.25, -0.2) is 18.3 Å². The molecular weight excluding hydrogens is 1550 g/mol. The van der Waals surface area contributed by atoms with Crippen LogP contribution in [0, 0.1) is 29.1 Å². The molecule has 44 heteroatoms. The van der Waals surface area contributed by atoms with Crippen molar-refractivity contribution in [3.8, 4) is 0 Å². The number of carbonyl (C=O) groups excluding carboxylic acids is 1. The number of phosphoric ester groups is 4. The Morgan fingerprint density at radius 1 is 0.426 bits per heavy atom. The fraction of sp³-hybridized carbons (Fsp3) is 0.984. The number of aliphatic hydroxyl groups excluding tert-OH is 9. The Labute approximate surface area is 632 Å². The van der Waals surface area contributed by atoms with Gasteiger partial charge in [-0.1, -0.05) is 73.1 Å². The molecule has 0 aromatic carbocycles. The number of hydrogen-bond donors (Lipinski definition) is 15. The van der Waals surface area contributed by atoms with Crippen molar-refractivity contribution in [3.63, 3.8) is 0 Å². The predicted octanol–water partition coefficient (Wildman–Crippen LogP) is 3.58. The molecular formula is C64H126NO38P5. The minimum Gasteiger partial charge on any atom is -0.394 e. The molecule has 1 aliphatic carbocycles. The van der Waals surface area contributed by atoms with Crippen LogP contribution >= 0.6 is 38.9 Å². The fourth-order valence-corrected chi connectivity index (χ4v) is 16.1. The normalized spacial score (nSPS) is 31.2. The number of phosphoric acid groups is 4. The molecule has 3 heterocycles. The van der Waals surface area contributed by atoms with Crippen molar-refractivity contribution in [3.05, 3.63) is 0 Å². The third-order valence-corrected chi connectivity index (χ3v) is 24.3. The van der Waals surface area contributed by atoms with Gasteiger partial charge in [-0.2, -0.15) is 0 Å². The van der Waals surface area contributed by atoms with E-state index in [0.717, 1.165) is 0 Å². The molecule has 4 fully saturated rings. The minimum atomic E-state index is -5.01. The standard InChI is InChI=1S/C64H126NO38P5/c1-44(2)104(76,77)103-50-35-45(3)34-49(50)39-98-108(84,85)99-43-64(40-86-22-19-31-95-105(78,79)92-28-16-10-7-13-25-89-61-46(4)55(70)57(72)51(36-66)100-61,41-87-23-20-32-96-106(80,81)93-29-17-11-8-14-26-90-62-47(5)56(71)58(73)52(37-67)101-62)42-88-24-21-33-97-107(82,83)94-30-18-12-9-15-27-91-63-54(65-48(6)69)60(75)59(74)53(38-68)102-63/h44-47,49-63,66-68,70-75H,7-43H2,1-6H3,(H,65,69)(H,76,77)(H,78,79)(H,80,81)(H,82,83)(H,84,85)/t45-,46?,47?,49-,50?,51?,52?,53?,54?,55-,56-,57+,58+,59+,60-,61-,62-,63-,64?/m1/s1. The highest BCUT2D eigenvalue weighted by molar-refractivity contribution is 7.53. The zero-order valence-corrected chi connectivity index (χ0v) is 67.4. The van der Waals surface area contributed by atoms with Crippen LogP contribution < -0.4 is 5.32 Å². The molecule has 12 unspecified atom stereocenters. The SMILES string of the molecule is CC(=O)NC1[C@H](OCCCCCCOP(=O)(O)OCCCOCC(COCCCOP(=O)(O)OCCCCCCO[C@@H]2OC(CO)[C@H](O)[C@H](O)C2C)(COCCCOP(=O)(O)OCCCCCCO[C@@H]2OC(CO)[C@H](O)[C@H](O)C2C)COP(=O)(O)OC[C@H]2C[C@@H](C)CC2OP(=O)(O)C(C)C)OC(CO)[C@H](O)[C@@H]1O. The van der Waals surface area contributed by atoms with Gasteiger partial charge in [0.25, 0.3) is 0 Å². The molecule has 1 saturated carbocycles. The van der Waals surface area contributed by atoms with Gasteiger partial charge in [0.1, 0.15) is 48.8 Å². The zero-order valence-electron chi connectivity index (χ0n) is 62.9. The lowest BCUT2D eigenvalue weighted by atomic mass is 9.92. The molecule has 0 spiro atoms. The molecule has 0 aromatic heterocycles. The van der Waals surface area contributed by atoms with E-state index < -0.39 is 193 Å². The Bertz CT molecular complexity index is 2620. The maximum absolute atomic E-state index is 13.8. The van der Waals surface area contributed by atoms with Crippen LogP contribution in [0.2, 0.25) is 0 Å². The molecule has 0 radical (unpaired) electrons. The molecule has 0 bridgehead atoms. The van der Waals surface area contributed by atoms with Crippen LogP contribution in [0.5, 0.6) is 0 Å². The van der Waals surface area contributed by atoms with Crippen molar-refractivity contribution < 1.29 is 181 Å². The third-order valence-electron chi connectivity index (χ3n) is 18.4. The highest BCUT2D eigenvalue weighted by Crippen LogP contribution is 2.54. The van der Waals surface area contributed by atoms with E-state index in [9.17, 15) is 98.0 Å². The number of nitrogens with one attached hydrogen (secondary N) is 1. The quantitative estimate of drug-likeness (QED) is 0.0306. The van der Waals surface area contributed by atoms with Gasteiger partial charge >= 0.3 is 38.9 Å². The highest BCUT2D eigenvalue weighted by Gasteiger charge is 2.48. The van der Waals surface area contributed by atoms with Crippen LogP contribution in [-0.4, -0.2) is 300 Å². The second-order valence-corrected chi connectivity index (χ2v) is 36.4. The Balaban J connectivity index is 1.34. The first kappa shape index (κ1) is 99.7. The molecule has 1 amide bonds. The largest absolute Gasteiger partial charge is 0.472 e.